The number of hydrogen-bond donors (Lipinski definition) is 2. The van der Waals surface area contributed by atoms with Crippen LogP contribution in [0, 0.1) is 28.1 Å². The van der Waals surface area contributed by atoms with E-state index in [0.29, 0.717) is 29.9 Å². The van der Waals surface area contributed by atoms with Gasteiger partial charge in [0.2, 0.25) is 0 Å². The van der Waals surface area contributed by atoms with Gasteiger partial charge in [-0.05, 0) is 61.7 Å². The Balaban J connectivity index is 2.00. The molecule has 4 nitrogen and oxygen atoms in total. The number of hydrogen-bond acceptors (Lipinski definition) is 4. The molecule has 3 aliphatic rings. The number of rotatable bonds is 3. The van der Waals surface area contributed by atoms with Crippen LogP contribution in [-0.4, -0.2) is 35.5 Å². The van der Waals surface area contributed by atoms with Crippen molar-refractivity contribution in [1.29, 1.82) is 0 Å². The van der Waals surface area contributed by atoms with E-state index in [-0.39, 0.29) is 23.9 Å². The lowest BCUT2D eigenvalue weighted by Crippen LogP contribution is -2.59. The van der Waals surface area contributed by atoms with Crippen molar-refractivity contribution < 1.29 is 19.7 Å². The molecule has 0 aliphatic heterocycles. The lowest BCUT2D eigenvalue weighted by molar-refractivity contribution is -0.181. The van der Waals surface area contributed by atoms with Gasteiger partial charge in [-0.25, -0.2) is 4.79 Å². The largest absolute Gasteiger partial charge is 0.463 e. The fourth-order valence-corrected chi connectivity index (χ4v) is 6.89. The molecule has 5 atom stereocenters. The maximum Gasteiger partial charge on any atom is 0.333 e. The summed E-state index contributed by atoms with van der Waals surface area (Å²) in [4.78, 5) is 12.3. The second-order valence-electron chi connectivity index (χ2n) is 9.79. The average Bonchev–Trinajstić information content (AvgIpc) is 2.72. The predicted molar refractivity (Wildman–Crippen MR) is 101 cm³/mol. The molecule has 0 aromatic carbocycles. The fourth-order valence-electron chi connectivity index (χ4n) is 6.89. The van der Waals surface area contributed by atoms with Crippen molar-refractivity contribution >= 4 is 5.97 Å². The predicted octanol–water partition coefficient (Wildman–Crippen LogP) is 3.85. The lowest BCUT2D eigenvalue weighted by Gasteiger charge is -2.63. The zero-order valence-electron chi connectivity index (χ0n) is 16.9. The Morgan fingerprint density at radius 3 is 2.62 bits per heavy atom. The summed E-state index contributed by atoms with van der Waals surface area (Å²) >= 11 is 0. The molecule has 2 N–H and O–H groups in total. The van der Waals surface area contributed by atoms with Gasteiger partial charge < -0.3 is 14.9 Å². The van der Waals surface area contributed by atoms with Crippen molar-refractivity contribution in [2.45, 2.75) is 78.7 Å². The highest BCUT2D eigenvalue weighted by Crippen LogP contribution is 2.66. The molecule has 3 rings (SSSR count). The van der Waals surface area contributed by atoms with Crippen molar-refractivity contribution in [3.63, 3.8) is 0 Å². The summed E-state index contributed by atoms with van der Waals surface area (Å²) in [6.45, 7) is 9.28. The minimum Gasteiger partial charge on any atom is -0.463 e. The van der Waals surface area contributed by atoms with E-state index < -0.39 is 11.5 Å². The van der Waals surface area contributed by atoms with Crippen LogP contribution in [0.25, 0.3) is 0 Å². The molecule has 4 heteroatoms. The maximum atomic E-state index is 12.3. The van der Waals surface area contributed by atoms with E-state index in [1.165, 1.54) is 12.8 Å². The highest BCUT2D eigenvalue weighted by molar-refractivity contribution is 5.88. The van der Waals surface area contributed by atoms with Gasteiger partial charge in [-0.2, -0.15) is 0 Å². The topological polar surface area (TPSA) is 66.8 Å². The van der Waals surface area contributed by atoms with Crippen LogP contribution < -0.4 is 0 Å². The van der Waals surface area contributed by atoms with Crippen LogP contribution in [0.2, 0.25) is 0 Å². The highest BCUT2D eigenvalue weighted by atomic mass is 16.5. The van der Waals surface area contributed by atoms with E-state index in [4.69, 9.17) is 4.74 Å². The molecule has 0 spiro atoms. The number of aliphatic hydroxyl groups is 2. The monoisotopic (exact) mass is 364 g/mol. The highest BCUT2D eigenvalue weighted by Gasteiger charge is 2.61. The van der Waals surface area contributed by atoms with Crippen molar-refractivity contribution in [2.24, 2.45) is 28.1 Å². The lowest BCUT2D eigenvalue weighted by atomic mass is 9.42. The fraction of sp³-hybridized carbons (Fsp3) is 0.864. The molecule has 0 radical (unpaired) electrons. The van der Waals surface area contributed by atoms with Crippen molar-refractivity contribution in [2.75, 3.05) is 13.2 Å². The number of carbonyl (C=O) groups excluding carboxylic acids is 1. The zero-order valence-corrected chi connectivity index (χ0v) is 16.9. The number of esters is 1. The molecule has 1 unspecified atom stereocenters. The summed E-state index contributed by atoms with van der Waals surface area (Å²) in [6, 6.07) is 0. The van der Waals surface area contributed by atoms with E-state index in [1.807, 2.05) is 6.08 Å². The molecule has 0 heterocycles. The normalized spacial score (nSPS) is 42.1. The Morgan fingerprint density at radius 2 is 1.96 bits per heavy atom. The van der Waals surface area contributed by atoms with Crippen LogP contribution in [0.1, 0.15) is 72.6 Å². The minimum atomic E-state index is -0.696. The third-order valence-electron chi connectivity index (χ3n) is 8.17. The van der Waals surface area contributed by atoms with Crippen LogP contribution in [0.3, 0.4) is 0 Å². The summed E-state index contributed by atoms with van der Waals surface area (Å²) in [7, 11) is 0. The molecule has 3 aliphatic carbocycles. The van der Waals surface area contributed by atoms with E-state index in [0.717, 1.165) is 25.7 Å². The molecular formula is C22H36O4. The molecule has 2 saturated carbocycles. The number of carbonyl (C=O) groups is 1. The Bertz CT molecular complexity index is 581. The minimum absolute atomic E-state index is 0.00842. The van der Waals surface area contributed by atoms with E-state index >= 15 is 0 Å². The number of fused-ring (bicyclic) bond motifs is 3. The maximum absolute atomic E-state index is 12.3. The summed E-state index contributed by atoms with van der Waals surface area (Å²) in [6.07, 6.45) is 7.81. The smallest absolute Gasteiger partial charge is 0.333 e. The Morgan fingerprint density at radius 1 is 1.23 bits per heavy atom. The first-order valence-corrected chi connectivity index (χ1v) is 10.4. The SMILES string of the molecule is CCOC(=O)C1=CC[C@H]2[C@@](CO)(CCC3C(C)(C)CCC[C@@]32C)[C@@H](O)C1. The summed E-state index contributed by atoms with van der Waals surface area (Å²) < 4.78 is 5.19. The first kappa shape index (κ1) is 19.9. The Labute approximate surface area is 158 Å². The molecule has 0 amide bonds. The van der Waals surface area contributed by atoms with E-state index in [9.17, 15) is 15.0 Å². The number of ether oxygens (including phenoxy) is 1. The third-order valence-corrected chi connectivity index (χ3v) is 8.17. The summed E-state index contributed by atoms with van der Waals surface area (Å²) in [5.74, 6) is 0.474. The second kappa shape index (κ2) is 6.94. The van der Waals surface area contributed by atoms with Crippen LogP contribution in [0.5, 0.6) is 0 Å². The van der Waals surface area contributed by atoms with Gasteiger partial charge in [0.15, 0.2) is 0 Å². The van der Waals surface area contributed by atoms with Crippen LogP contribution in [-0.2, 0) is 9.53 Å². The van der Waals surface area contributed by atoms with Gasteiger partial charge in [0.25, 0.3) is 0 Å². The summed E-state index contributed by atoms with van der Waals surface area (Å²) in [5.41, 5.74) is 0.449. The Kier molecular flexibility index (Phi) is 5.31. The molecule has 2 fully saturated rings. The molecule has 0 bridgehead atoms. The summed E-state index contributed by atoms with van der Waals surface area (Å²) in [5, 5.41) is 21.6. The van der Waals surface area contributed by atoms with Crippen LogP contribution in [0.4, 0.5) is 0 Å². The van der Waals surface area contributed by atoms with Gasteiger partial charge in [0.1, 0.15) is 0 Å². The Hall–Kier alpha value is -0.870. The van der Waals surface area contributed by atoms with E-state index in [2.05, 4.69) is 20.8 Å². The molecule has 26 heavy (non-hydrogen) atoms. The van der Waals surface area contributed by atoms with Gasteiger partial charge in [-0.3, -0.25) is 0 Å². The zero-order chi connectivity index (χ0) is 19.2. The molecule has 0 aromatic heterocycles. The van der Waals surface area contributed by atoms with Crippen molar-refractivity contribution in [3.8, 4) is 0 Å². The quantitative estimate of drug-likeness (QED) is 0.747. The van der Waals surface area contributed by atoms with Gasteiger partial charge >= 0.3 is 5.97 Å². The second-order valence-corrected chi connectivity index (χ2v) is 9.79. The standard InChI is InChI=1S/C22H36O4/c1-5-26-19(25)15-7-8-17-21(4)11-6-10-20(2,3)16(21)9-12-22(17,14-23)18(24)13-15/h7,16-18,23-24H,5-6,8-14H2,1-4H3/t16?,17-,18+,21+,22+/m1/s1. The average molecular weight is 365 g/mol. The van der Waals surface area contributed by atoms with Crippen LogP contribution >= 0.6 is 0 Å². The third kappa shape index (κ3) is 2.93. The van der Waals surface area contributed by atoms with Gasteiger partial charge in [0.05, 0.1) is 19.3 Å². The molecule has 0 saturated heterocycles. The van der Waals surface area contributed by atoms with E-state index in [1.54, 1.807) is 6.92 Å². The molecular weight excluding hydrogens is 328 g/mol. The molecule has 0 aromatic rings. The van der Waals surface area contributed by atoms with Gasteiger partial charge in [0, 0.05) is 17.4 Å². The first-order valence-electron chi connectivity index (χ1n) is 10.4. The van der Waals surface area contributed by atoms with Gasteiger partial charge in [-0.15, -0.1) is 0 Å². The van der Waals surface area contributed by atoms with Crippen molar-refractivity contribution in [3.05, 3.63) is 11.6 Å². The molecule has 148 valence electrons. The number of aliphatic hydroxyl groups excluding tert-OH is 2. The van der Waals surface area contributed by atoms with Crippen molar-refractivity contribution in [1.82, 2.24) is 0 Å². The first-order chi connectivity index (χ1) is 12.2. The van der Waals surface area contributed by atoms with Gasteiger partial charge in [-0.1, -0.05) is 33.3 Å². The van der Waals surface area contributed by atoms with Crippen LogP contribution in [0.15, 0.2) is 11.6 Å². The number of allylic oxidation sites excluding steroid dienone is 1.